The number of halogens is 1. The number of rotatable bonds is 1. The molecule has 0 aliphatic rings. The molecule has 2 aromatic rings. The van der Waals surface area contributed by atoms with Gasteiger partial charge in [0.1, 0.15) is 5.65 Å². The van der Waals surface area contributed by atoms with Gasteiger partial charge in [-0.15, -0.1) is 0 Å². The molecule has 0 aliphatic heterocycles. The van der Waals surface area contributed by atoms with Gasteiger partial charge < -0.3 is 4.40 Å². The standard InChI is InChI=1S/C10H11IN2/c1-3-9-7(2)13-6-8(11)4-5-10(13)12-9/h4-6H,3H2,1-2H3. The van der Waals surface area contributed by atoms with Crippen LogP contribution in [0.2, 0.25) is 0 Å². The molecule has 0 N–H and O–H groups in total. The predicted octanol–water partition coefficient (Wildman–Crippen LogP) is 2.81. The number of hydrogen-bond acceptors (Lipinski definition) is 1. The molecule has 2 aromatic heterocycles. The zero-order valence-electron chi connectivity index (χ0n) is 7.71. The van der Waals surface area contributed by atoms with E-state index in [-0.39, 0.29) is 0 Å². The van der Waals surface area contributed by atoms with Gasteiger partial charge in [-0.25, -0.2) is 4.98 Å². The highest BCUT2D eigenvalue weighted by molar-refractivity contribution is 14.1. The number of aromatic nitrogens is 2. The van der Waals surface area contributed by atoms with E-state index < -0.39 is 0 Å². The quantitative estimate of drug-likeness (QED) is 0.737. The van der Waals surface area contributed by atoms with Gasteiger partial charge in [-0.1, -0.05) is 6.92 Å². The number of hydrogen-bond donors (Lipinski definition) is 0. The van der Waals surface area contributed by atoms with Crippen LogP contribution in [0.5, 0.6) is 0 Å². The van der Waals surface area contributed by atoms with E-state index in [1.54, 1.807) is 0 Å². The van der Waals surface area contributed by atoms with E-state index in [1.165, 1.54) is 15.0 Å². The molecular formula is C10H11IN2. The minimum Gasteiger partial charge on any atom is -0.303 e. The molecule has 13 heavy (non-hydrogen) atoms. The van der Waals surface area contributed by atoms with Crippen molar-refractivity contribution < 1.29 is 0 Å². The van der Waals surface area contributed by atoms with Crippen LogP contribution in [-0.4, -0.2) is 9.38 Å². The first-order chi connectivity index (χ1) is 6.22. The number of nitrogens with zero attached hydrogens (tertiary/aromatic N) is 2. The maximum Gasteiger partial charge on any atom is 0.137 e. The minimum atomic E-state index is 1.00. The Morgan fingerprint density at radius 2 is 2.23 bits per heavy atom. The smallest absolute Gasteiger partial charge is 0.137 e. The molecule has 0 spiro atoms. The summed E-state index contributed by atoms with van der Waals surface area (Å²) in [5.41, 5.74) is 3.51. The fourth-order valence-electron chi connectivity index (χ4n) is 1.52. The molecule has 2 nitrogen and oxygen atoms in total. The lowest BCUT2D eigenvalue weighted by atomic mass is 10.3. The Balaban J connectivity index is 2.77. The molecule has 2 heterocycles. The van der Waals surface area contributed by atoms with Crippen LogP contribution in [0.1, 0.15) is 18.3 Å². The first-order valence-electron chi connectivity index (χ1n) is 4.35. The van der Waals surface area contributed by atoms with Gasteiger partial charge in [0.15, 0.2) is 0 Å². The normalized spacial score (nSPS) is 11.0. The van der Waals surface area contributed by atoms with Crippen molar-refractivity contribution in [2.24, 2.45) is 0 Å². The zero-order chi connectivity index (χ0) is 9.42. The number of aryl methyl sites for hydroxylation is 2. The van der Waals surface area contributed by atoms with Crippen molar-refractivity contribution in [2.45, 2.75) is 20.3 Å². The highest BCUT2D eigenvalue weighted by Gasteiger charge is 2.05. The maximum absolute atomic E-state index is 4.53. The molecule has 2 rings (SSSR count). The Morgan fingerprint density at radius 1 is 1.46 bits per heavy atom. The summed E-state index contributed by atoms with van der Waals surface area (Å²) in [6.07, 6.45) is 3.13. The lowest BCUT2D eigenvalue weighted by Gasteiger charge is -1.96. The summed E-state index contributed by atoms with van der Waals surface area (Å²) >= 11 is 2.32. The fourth-order valence-corrected chi connectivity index (χ4v) is 1.98. The largest absolute Gasteiger partial charge is 0.303 e. The van der Waals surface area contributed by atoms with Crippen molar-refractivity contribution >= 4 is 28.2 Å². The van der Waals surface area contributed by atoms with Gasteiger partial charge in [0.05, 0.1) is 5.69 Å². The van der Waals surface area contributed by atoms with Crippen LogP contribution in [-0.2, 0) is 6.42 Å². The molecule has 3 heteroatoms. The monoisotopic (exact) mass is 286 g/mol. The summed E-state index contributed by atoms with van der Waals surface area (Å²) in [6, 6.07) is 4.15. The first-order valence-corrected chi connectivity index (χ1v) is 5.43. The number of fused-ring (bicyclic) bond motifs is 1. The average Bonchev–Trinajstić information content (AvgIpc) is 2.44. The molecule has 0 unspecified atom stereocenters. The van der Waals surface area contributed by atoms with Gasteiger partial charge in [0, 0.05) is 15.5 Å². The third-order valence-electron chi connectivity index (χ3n) is 2.25. The third-order valence-corrected chi connectivity index (χ3v) is 2.89. The second-order valence-corrected chi connectivity index (χ2v) is 4.32. The van der Waals surface area contributed by atoms with Gasteiger partial charge >= 0.3 is 0 Å². The molecule has 0 aliphatic carbocycles. The number of pyridine rings is 1. The summed E-state index contributed by atoms with van der Waals surface area (Å²) in [5.74, 6) is 0. The highest BCUT2D eigenvalue weighted by Crippen LogP contribution is 2.14. The lowest BCUT2D eigenvalue weighted by molar-refractivity contribution is 1.02. The second kappa shape index (κ2) is 3.29. The third kappa shape index (κ3) is 1.45. The Bertz CT molecular complexity index is 445. The van der Waals surface area contributed by atoms with Gasteiger partial charge in [-0.3, -0.25) is 0 Å². The Labute approximate surface area is 91.1 Å². The minimum absolute atomic E-state index is 1.00. The molecule has 68 valence electrons. The summed E-state index contributed by atoms with van der Waals surface area (Å²) in [7, 11) is 0. The van der Waals surface area contributed by atoms with Crippen LogP contribution >= 0.6 is 22.6 Å². The van der Waals surface area contributed by atoms with Gasteiger partial charge in [-0.2, -0.15) is 0 Å². The molecule has 0 aromatic carbocycles. The van der Waals surface area contributed by atoms with E-state index in [0.717, 1.165) is 12.1 Å². The van der Waals surface area contributed by atoms with Crippen molar-refractivity contribution in [3.8, 4) is 0 Å². The van der Waals surface area contributed by atoms with E-state index in [9.17, 15) is 0 Å². The van der Waals surface area contributed by atoms with Crippen LogP contribution in [0.15, 0.2) is 18.3 Å². The van der Waals surface area contributed by atoms with E-state index in [4.69, 9.17) is 0 Å². The highest BCUT2D eigenvalue weighted by atomic mass is 127. The van der Waals surface area contributed by atoms with Gasteiger partial charge in [0.25, 0.3) is 0 Å². The van der Waals surface area contributed by atoms with Gasteiger partial charge in [0.2, 0.25) is 0 Å². The summed E-state index contributed by atoms with van der Waals surface area (Å²) in [6.45, 7) is 4.26. The predicted molar refractivity (Wildman–Crippen MR) is 62.0 cm³/mol. The average molecular weight is 286 g/mol. The molecule has 0 amide bonds. The molecule has 0 atom stereocenters. The molecule has 0 bridgehead atoms. The van der Waals surface area contributed by atoms with Crippen LogP contribution in [0, 0.1) is 10.5 Å². The second-order valence-electron chi connectivity index (χ2n) is 3.07. The van der Waals surface area contributed by atoms with Crippen LogP contribution in [0.3, 0.4) is 0 Å². The molecule has 0 saturated heterocycles. The zero-order valence-corrected chi connectivity index (χ0v) is 9.87. The first kappa shape index (κ1) is 8.99. The van der Waals surface area contributed by atoms with Gasteiger partial charge in [-0.05, 0) is 48.1 Å². The Kier molecular flexibility index (Phi) is 2.27. The Morgan fingerprint density at radius 3 is 2.92 bits per heavy atom. The lowest BCUT2D eigenvalue weighted by Crippen LogP contribution is -1.89. The SMILES string of the molecule is CCc1nc2ccc(I)cn2c1C. The van der Waals surface area contributed by atoms with Crippen molar-refractivity contribution in [1.29, 1.82) is 0 Å². The van der Waals surface area contributed by atoms with Crippen molar-refractivity contribution in [1.82, 2.24) is 9.38 Å². The maximum atomic E-state index is 4.53. The number of imidazole rings is 1. The van der Waals surface area contributed by atoms with Crippen molar-refractivity contribution in [3.05, 3.63) is 33.3 Å². The van der Waals surface area contributed by atoms with E-state index >= 15 is 0 Å². The fraction of sp³-hybridized carbons (Fsp3) is 0.300. The topological polar surface area (TPSA) is 17.3 Å². The van der Waals surface area contributed by atoms with Crippen molar-refractivity contribution in [3.63, 3.8) is 0 Å². The van der Waals surface area contributed by atoms with Crippen LogP contribution < -0.4 is 0 Å². The Hall–Kier alpha value is -0.580. The van der Waals surface area contributed by atoms with E-state index in [1.807, 2.05) is 0 Å². The summed E-state index contributed by atoms with van der Waals surface area (Å²) in [4.78, 5) is 4.53. The molecular weight excluding hydrogens is 275 g/mol. The molecule has 0 saturated carbocycles. The van der Waals surface area contributed by atoms with Crippen molar-refractivity contribution in [2.75, 3.05) is 0 Å². The van der Waals surface area contributed by atoms with E-state index in [0.29, 0.717) is 0 Å². The molecule has 0 radical (unpaired) electrons. The van der Waals surface area contributed by atoms with E-state index in [2.05, 4.69) is 64.2 Å². The van der Waals surface area contributed by atoms with Crippen LogP contribution in [0.4, 0.5) is 0 Å². The summed E-state index contributed by atoms with van der Waals surface area (Å²) < 4.78 is 3.40. The van der Waals surface area contributed by atoms with Crippen LogP contribution in [0.25, 0.3) is 5.65 Å². The summed E-state index contributed by atoms with van der Waals surface area (Å²) in [5, 5.41) is 0. The molecule has 0 fully saturated rings.